The third-order valence-electron chi connectivity index (χ3n) is 2.55. The van der Waals surface area contributed by atoms with E-state index in [0.717, 1.165) is 5.56 Å². The fourth-order valence-electron chi connectivity index (χ4n) is 1.61. The Hall–Kier alpha value is -2.35. The quantitative estimate of drug-likeness (QED) is 0.855. The number of aromatic nitrogens is 1. The Morgan fingerprint density at radius 1 is 1.33 bits per heavy atom. The Morgan fingerprint density at radius 2 is 2.10 bits per heavy atom. The molecule has 7 nitrogen and oxygen atoms in total. The molecule has 1 N–H and O–H groups in total. The summed E-state index contributed by atoms with van der Waals surface area (Å²) in [7, 11) is -3.82. The van der Waals surface area contributed by atoms with Gasteiger partial charge in [0.2, 0.25) is 10.0 Å². The molecule has 0 fully saturated rings. The molecule has 0 saturated heterocycles. The smallest absolute Gasteiger partial charge is 0.271 e. The number of ether oxygens (including phenoxy) is 1. The maximum Gasteiger partial charge on any atom is 0.271 e. The van der Waals surface area contributed by atoms with Crippen LogP contribution in [0.1, 0.15) is 11.3 Å². The Balaban J connectivity index is 1.88. The van der Waals surface area contributed by atoms with Gasteiger partial charge in [0.05, 0.1) is 0 Å². The highest BCUT2D eigenvalue weighted by Gasteiger charge is 2.17. The Bertz CT molecular complexity index is 710. The van der Waals surface area contributed by atoms with Gasteiger partial charge < -0.3 is 9.26 Å². The third kappa shape index (κ3) is 4.60. The highest BCUT2D eigenvalue weighted by atomic mass is 32.2. The second-order valence-electron chi connectivity index (χ2n) is 4.33. The predicted molar refractivity (Wildman–Crippen MR) is 73.9 cm³/mol. The third-order valence-corrected chi connectivity index (χ3v) is 3.77. The van der Waals surface area contributed by atoms with E-state index in [2.05, 4.69) is 9.68 Å². The van der Waals surface area contributed by atoms with Crippen LogP contribution >= 0.6 is 0 Å². The molecule has 0 spiro atoms. The largest absolute Gasteiger partial charge is 0.483 e. The Labute approximate surface area is 121 Å². The van der Waals surface area contributed by atoms with Gasteiger partial charge in [0.15, 0.2) is 6.61 Å². The summed E-state index contributed by atoms with van der Waals surface area (Å²) in [6.07, 6.45) is 1.26. The number of hydrogen-bond acceptors (Lipinski definition) is 6. The maximum absolute atomic E-state index is 11.7. The normalized spacial score (nSPS) is 11.1. The minimum absolute atomic E-state index is 0.218. The van der Waals surface area contributed by atoms with Crippen molar-refractivity contribution in [2.45, 2.75) is 12.7 Å². The van der Waals surface area contributed by atoms with Crippen molar-refractivity contribution in [3.63, 3.8) is 0 Å². The number of sulfonamides is 1. The molecule has 1 aromatic carbocycles. The van der Waals surface area contributed by atoms with Crippen LogP contribution < -0.4 is 9.46 Å². The second kappa shape index (κ2) is 6.40. The molecule has 0 bridgehead atoms. The van der Waals surface area contributed by atoms with Gasteiger partial charge >= 0.3 is 0 Å². The summed E-state index contributed by atoms with van der Waals surface area (Å²) in [6, 6.07) is 8.54. The summed E-state index contributed by atoms with van der Waals surface area (Å²) in [5.74, 6) is -0.650. The van der Waals surface area contributed by atoms with Crippen molar-refractivity contribution < 1.29 is 22.5 Å². The summed E-state index contributed by atoms with van der Waals surface area (Å²) < 4.78 is 35.1. The van der Waals surface area contributed by atoms with Gasteiger partial charge in [0.25, 0.3) is 5.91 Å². The van der Waals surface area contributed by atoms with Crippen molar-refractivity contribution in [1.82, 2.24) is 9.88 Å². The summed E-state index contributed by atoms with van der Waals surface area (Å²) in [4.78, 5) is 11.6. The van der Waals surface area contributed by atoms with Gasteiger partial charge in [0.1, 0.15) is 23.5 Å². The van der Waals surface area contributed by atoms with Crippen molar-refractivity contribution >= 4 is 15.9 Å². The van der Waals surface area contributed by atoms with Gasteiger partial charge in [-0.15, -0.1) is 0 Å². The molecular weight excluding hydrogens is 296 g/mol. The molecule has 0 unspecified atom stereocenters. The minimum Gasteiger partial charge on any atom is -0.483 e. The molecule has 2 rings (SSSR count). The first kappa shape index (κ1) is 15.0. The molecule has 0 radical (unpaired) electrons. The highest BCUT2D eigenvalue weighted by molar-refractivity contribution is 7.89. The van der Waals surface area contributed by atoms with Crippen molar-refractivity contribution in [3.8, 4) is 5.75 Å². The van der Waals surface area contributed by atoms with Gasteiger partial charge in [-0.3, -0.25) is 4.79 Å². The van der Waals surface area contributed by atoms with E-state index in [1.54, 1.807) is 12.1 Å². The SMILES string of the molecule is Cc1ccccc1OCC(=O)NS(=O)(=O)Cc1ccon1. The first-order chi connectivity index (χ1) is 9.96. The topological polar surface area (TPSA) is 98.5 Å². The number of aryl methyl sites for hydroxylation is 1. The molecule has 1 heterocycles. The van der Waals surface area contributed by atoms with Crippen LogP contribution in [0.4, 0.5) is 0 Å². The summed E-state index contributed by atoms with van der Waals surface area (Å²) in [5, 5.41) is 3.48. The molecule has 8 heteroatoms. The molecule has 0 saturated carbocycles. The molecule has 1 aromatic heterocycles. The number of nitrogens with one attached hydrogen (secondary N) is 1. The number of amides is 1. The lowest BCUT2D eigenvalue weighted by Crippen LogP contribution is -2.35. The fraction of sp³-hybridized carbons (Fsp3) is 0.231. The van der Waals surface area contributed by atoms with Crippen LogP contribution in [-0.2, 0) is 20.6 Å². The second-order valence-corrected chi connectivity index (χ2v) is 6.05. The van der Waals surface area contributed by atoms with E-state index < -0.39 is 21.7 Å². The first-order valence-corrected chi connectivity index (χ1v) is 7.72. The lowest BCUT2D eigenvalue weighted by molar-refractivity contribution is -0.121. The van der Waals surface area contributed by atoms with E-state index in [1.165, 1.54) is 12.3 Å². The van der Waals surface area contributed by atoms with Crippen molar-refractivity contribution in [3.05, 3.63) is 47.9 Å². The number of rotatable bonds is 6. The molecule has 0 atom stereocenters. The minimum atomic E-state index is -3.82. The van der Waals surface area contributed by atoms with E-state index >= 15 is 0 Å². The van der Waals surface area contributed by atoms with E-state index in [9.17, 15) is 13.2 Å². The van der Waals surface area contributed by atoms with Gasteiger partial charge in [-0.05, 0) is 18.6 Å². The standard InChI is InChI=1S/C13H14N2O5S/c1-10-4-2-3-5-12(10)19-8-13(16)15-21(17,18)9-11-6-7-20-14-11/h2-7H,8-9H2,1H3,(H,15,16). The summed E-state index contributed by atoms with van der Waals surface area (Å²) >= 11 is 0. The van der Waals surface area contributed by atoms with Crippen LogP contribution in [0, 0.1) is 6.92 Å². The number of carbonyl (C=O) groups excluding carboxylic acids is 1. The van der Waals surface area contributed by atoms with Crippen molar-refractivity contribution in [2.24, 2.45) is 0 Å². The average Bonchev–Trinajstić information content (AvgIpc) is 2.89. The van der Waals surface area contributed by atoms with E-state index in [4.69, 9.17) is 4.74 Å². The summed E-state index contributed by atoms with van der Waals surface area (Å²) in [6.45, 7) is 1.44. The Morgan fingerprint density at radius 3 is 2.76 bits per heavy atom. The van der Waals surface area contributed by atoms with Gasteiger partial charge in [0, 0.05) is 6.07 Å². The van der Waals surface area contributed by atoms with Crippen molar-refractivity contribution in [1.29, 1.82) is 0 Å². The highest BCUT2D eigenvalue weighted by Crippen LogP contribution is 2.15. The van der Waals surface area contributed by atoms with Crippen LogP contribution in [0.15, 0.2) is 41.1 Å². The number of benzene rings is 1. The lowest BCUT2D eigenvalue weighted by Gasteiger charge is -2.09. The van der Waals surface area contributed by atoms with Crippen LogP contribution in [0.3, 0.4) is 0 Å². The van der Waals surface area contributed by atoms with Gasteiger partial charge in [-0.2, -0.15) is 0 Å². The monoisotopic (exact) mass is 310 g/mol. The van der Waals surface area contributed by atoms with Crippen LogP contribution in [0.25, 0.3) is 0 Å². The zero-order valence-corrected chi connectivity index (χ0v) is 12.1. The molecule has 1 amide bonds. The summed E-state index contributed by atoms with van der Waals surface area (Å²) in [5.41, 5.74) is 1.07. The number of carbonyl (C=O) groups is 1. The number of hydrogen-bond donors (Lipinski definition) is 1. The zero-order chi connectivity index (χ0) is 15.3. The molecule has 21 heavy (non-hydrogen) atoms. The fourth-order valence-corrected chi connectivity index (χ4v) is 2.62. The van der Waals surface area contributed by atoms with Crippen LogP contribution in [0.2, 0.25) is 0 Å². The van der Waals surface area contributed by atoms with Crippen molar-refractivity contribution in [2.75, 3.05) is 6.61 Å². The van der Waals surface area contributed by atoms with Gasteiger partial charge in [-0.25, -0.2) is 13.1 Å². The maximum atomic E-state index is 11.7. The lowest BCUT2D eigenvalue weighted by atomic mass is 10.2. The molecule has 0 aliphatic carbocycles. The average molecular weight is 310 g/mol. The number of nitrogens with zero attached hydrogens (tertiary/aromatic N) is 1. The van der Waals surface area contributed by atoms with E-state index in [-0.39, 0.29) is 12.3 Å². The van der Waals surface area contributed by atoms with Gasteiger partial charge in [-0.1, -0.05) is 23.4 Å². The first-order valence-electron chi connectivity index (χ1n) is 6.07. The molecule has 0 aliphatic rings. The molecule has 112 valence electrons. The predicted octanol–water partition coefficient (Wildman–Crippen LogP) is 1.01. The molecule has 2 aromatic rings. The van der Waals surface area contributed by atoms with Crippen LogP contribution in [0.5, 0.6) is 5.75 Å². The molecule has 0 aliphatic heterocycles. The Kier molecular flexibility index (Phi) is 4.59. The van der Waals surface area contributed by atoms with Crippen LogP contribution in [-0.4, -0.2) is 26.1 Å². The zero-order valence-electron chi connectivity index (χ0n) is 11.3. The number of para-hydroxylation sites is 1. The molecular formula is C13H14N2O5S. The van der Waals surface area contributed by atoms with E-state index in [0.29, 0.717) is 5.75 Å². The van der Waals surface area contributed by atoms with E-state index in [1.807, 2.05) is 23.8 Å².